The lowest BCUT2D eigenvalue weighted by Crippen LogP contribution is -2.54. The highest BCUT2D eigenvalue weighted by Crippen LogP contribution is 2.34. The van der Waals surface area contributed by atoms with Gasteiger partial charge in [-0.05, 0) is 102 Å². The maximum absolute atomic E-state index is 15.3. The Morgan fingerprint density at radius 1 is 0.786 bits per heavy atom. The number of aromatic nitrogens is 4. The summed E-state index contributed by atoms with van der Waals surface area (Å²) in [5.74, 6) is 0.380. The average molecular weight is 968 g/mol. The molecule has 70 heavy (non-hydrogen) atoms. The van der Waals surface area contributed by atoms with Gasteiger partial charge in [-0.15, -0.1) is 0 Å². The summed E-state index contributed by atoms with van der Waals surface area (Å²) in [6, 6.07) is 5.02. The monoisotopic (exact) mass is 968 g/mol. The van der Waals surface area contributed by atoms with Crippen LogP contribution in [0.15, 0.2) is 36.8 Å². The Balaban J connectivity index is 0.651. The molecule has 378 valence electrons. The minimum absolute atomic E-state index is 0.00513. The predicted molar refractivity (Wildman–Crippen MR) is 262 cm³/mol. The molecule has 6 aliphatic rings. The van der Waals surface area contributed by atoms with Gasteiger partial charge in [-0.3, -0.25) is 39.0 Å². The highest BCUT2D eigenvalue weighted by molar-refractivity contribution is 6.01. The van der Waals surface area contributed by atoms with E-state index < -0.39 is 12.0 Å². The van der Waals surface area contributed by atoms with Gasteiger partial charge in [0.05, 0.1) is 24.2 Å². The molecule has 4 saturated heterocycles. The number of amides is 4. The van der Waals surface area contributed by atoms with Crippen molar-refractivity contribution in [2.45, 2.75) is 102 Å². The average Bonchev–Trinajstić information content (AvgIpc) is 3.79. The molecule has 0 spiro atoms. The lowest BCUT2D eigenvalue weighted by Gasteiger charge is -2.43. The topological polar surface area (TPSA) is 202 Å². The number of ether oxygens (including phenoxy) is 1. The third-order valence-electron chi connectivity index (χ3n) is 15.5. The van der Waals surface area contributed by atoms with Crippen LogP contribution in [0.5, 0.6) is 0 Å². The highest BCUT2D eigenvalue weighted by atomic mass is 19.1. The Morgan fingerprint density at radius 3 is 2.10 bits per heavy atom. The molecule has 1 unspecified atom stereocenters. The van der Waals surface area contributed by atoms with Crippen molar-refractivity contribution in [2.75, 3.05) is 99.4 Å². The van der Waals surface area contributed by atoms with Crippen molar-refractivity contribution in [3.05, 3.63) is 48.2 Å². The van der Waals surface area contributed by atoms with E-state index in [0.717, 1.165) is 142 Å². The second kappa shape index (κ2) is 22.5. The lowest BCUT2D eigenvalue weighted by atomic mass is 9.80. The molecule has 19 nitrogen and oxygen atoms in total. The van der Waals surface area contributed by atoms with E-state index in [1.54, 1.807) is 29.9 Å². The van der Waals surface area contributed by atoms with Gasteiger partial charge in [-0.25, -0.2) is 14.2 Å². The molecular formula is C50H70FN13O6. The molecule has 6 fully saturated rings. The summed E-state index contributed by atoms with van der Waals surface area (Å²) in [5.41, 5.74) is 2.13. The fraction of sp³-hybridized carbons (Fsp3) is 0.640. The smallest absolute Gasteiger partial charge is 0.343 e. The number of imide groups is 1. The molecule has 2 aliphatic carbocycles. The van der Waals surface area contributed by atoms with Crippen LogP contribution in [-0.2, 0) is 31.0 Å². The Labute approximate surface area is 409 Å². The van der Waals surface area contributed by atoms with Gasteiger partial charge >= 0.3 is 5.97 Å². The maximum Gasteiger partial charge on any atom is 0.343 e. The van der Waals surface area contributed by atoms with Gasteiger partial charge < -0.3 is 35.4 Å². The van der Waals surface area contributed by atoms with Crippen LogP contribution in [-0.4, -0.2) is 166 Å². The van der Waals surface area contributed by atoms with Gasteiger partial charge in [0.1, 0.15) is 23.2 Å². The summed E-state index contributed by atoms with van der Waals surface area (Å²) in [6.07, 6.45) is 14.6. The van der Waals surface area contributed by atoms with Gasteiger partial charge in [0.15, 0.2) is 0 Å². The van der Waals surface area contributed by atoms with E-state index in [-0.39, 0.29) is 60.4 Å². The van der Waals surface area contributed by atoms with E-state index >= 15 is 4.39 Å². The van der Waals surface area contributed by atoms with Crippen LogP contribution < -0.4 is 26.2 Å². The van der Waals surface area contributed by atoms with Crippen LogP contribution in [0.25, 0.3) is 0 Å². The number of carbonyl (C=O) groups is 5. The molecule has 1 aromatic carbocycles. The molecule has 6 heterocycles. The number of nitrogens with one attached hydrogen (secondary N) is 4. The number of nitrogens with zero attached hydrogens (tertiary/aromatic N) is 9. The van der Waals surface area contributed by atoms with Crippen LogP contribution in [0, 0.1) is 23.6 Å². The summed E-state index contributed by atoms with van der Waals surface area (Å²) in [7, 11) is 1.83. The summed E-state index contributed by atoms with van der Waals surface area (Å²) in [4.78, 5) is 84.2. The first-order valence-electron chi connectivity index (χ1n) is 25.7. The standard InChI is InChI=1S/C50H70FN13O6/c1-3-70-49(69)40-30-52-50(56-38-29-53-59(2)32-38)58-45(40)55-36-8-11-39(12-9-36)61-24-26-64(27-25-61)48(68)35-6-4-34(5-7-35)47(67)63-18-16-33(17-19-63)31-60-20-22-62(23-21-60)43-14-10-37(28-41(43)51)54-42-13-15-44(65)57-46(42)66/h10,14,28-30,32-36,39,42,54H,3-9,11-13,15-27,31H2,1-2H3,(H,57,65,66)(H2,52,55,56,58). The molecule has 3 aromatic rings. The first-order chi connectivity index (χ1) is 34.0. The zero-order chi connectivity index (χ0) is 48.7. The van der Waals surface area contributed by atoms with Crippen molar-refractivity contribution in [1.29, 1.82) is 0 Å². The zero-order valence-corrected chi connectivity index (χ0v) is 40.8. The summed E-state index contributed by atoms with van der Waals surface area (Å²) in [6.45, 7) is 10.9. The van der Waals surface area contributed by atoms with Crippen molar-refractivity contribution in [3.8, 4) is 0 Å². The summed E-state index contributed by atoms with van der Waals surface area (Å²) >= 11 is 0. The number of piperidine rings is 2. The number of likely N-dealkylation sites (tertiary alicyclic amines) is 1. The predicted octanol–water partition coefficient (Wildman–Crippen LogP) is 4.22. The second-order valence-electron chi connectivity index (χ2n) is 20.1. The second-order valence-corrected chi connectivity index (χ2v) is 20.1. The molecule has 4 amide bonds. The van der Waals surface area contributed by atoms with Crippen molar-refractivity contribution >= 4 is 58.4 Å². The minimum Gasteiger partial charge on any atom is -0.462 e. The van der Waals surface area contributed by atoms with E-state index in [2.05, 4.69) is 60.8 Å². The Bertz CT molecular complexity index is 2330. The van der Waals surface area contributed by atoms with Gasteiger partial charge in [0.2, 0.25) is 29.6 Å². The van der Waals surface area contributed by atoms with E-state index in [0.29, 0.717) is 47.1 Å². The number of carbonyl (C=O) groups excluding carboxylic acids is 5. The number of hydrogen-bond acceptors (Lipinski definition) is 15. The number of aryl methyl sites for hydroxylation is 1. The Hall–Kier alpha value is -5.89. The fourth-order valence-corrected chi connectivity index (χ4v) is 11.5. The van der Waals surface area contributed by atoms with E-state index in [9.17, 15) is 24.0 Å². The normalized spacial score (nSPS) is 25.3. The molecule has 0 radical (unpaired) electrons. The van der Waals surface area contributed by atoms with Crippen LogP contribution in [0.1, 0.15) is 94.3 Å². The number of rotatable bonds is 14. The van der Waals surface area contributed by atoms with Crippen molar-refractivity contribution in [1.82, 2.24) is 44.7 Å². The van der Waals surface area contributed by atoms with E-state index in [4.69, 9.17) is 4.74 Å². The molecule has 2 aromatic heterocycles. The molecule has 2 saturated carbocycles. The third kappa shape index (κ3) is 12.0. The number of halogens is 1. The molecule has 0 bridgehead atoms. The molecule has 1 atom stereocenters. The number of benzene rings is 1. The Morgan fingerprint density at radius 2 is 1.47 bits per heavy atom. The maximum atomic E-state index is 15.3. The number of hydrogen-bond donors (Lipinski definition) is 4. The number of piperazine rings is 2. The van der Waals surface area contributed by atoms with Gasteiger partial charge in [0.25, 0.3) is 0 Å². The zero-order valence-electron chi connectivity index (χ0n) is 40.8. The molecule has 9 rings (SSSR count). The van der Waals surface area contributed by atoms with Crippen LogP contribution >= 0.6 is 0 Å². The quantitative estimate of drug-likeness (QED) is 0.132. The molecule has 4 aliphatic heterocycles. The fourth-order valence-electron chi connectivity index (χ4n) is 11.5. The molecule has 20 heteroatoms. The highest BCUT2D eigenvalue weighted by Gasteiger charge is 2.37. The first-order valence-corrected chi connectivity index (χ1v) is 25.7. The van der Waals surface area contributed by atoms with Gasteiger partial charge in [-0.1, -0.05) is 0 Å². The van der Waals surface area contributed by atoms with Crippen LogP contribution in [0.3, 0.4) is 0 Å². The van der Waals surface area contributed by atoms with Crippen molar-refractivity contribution in [3.63, 3.8) is 0 Å². The van der Waals surface area contributed by atoms with Crippen molar-refractivity contribution in [2.24, 2.45) is 24.8 Å². The number of esters is 1. The first kappa shape index (κ1) is 49.1. The Kier molecular flexibility index (Phi) is 15.8. The summed E-state index contributed by atoms with van der Waals surface area (Å²) in [5, 5.41) is 16.3. The molecular weight excluding hydrogens is 898 g/mol. The van der Waals surface area contributed by atoms with Crippen LogP contribution in [0.2, 0.25) is 0 Å². The van der Waals surface area contributed by atoms with Gasteiger partial charge in [0, 0.05) is 127 Å². The van der Waals surface area contributed by atoms with E-state index in [1.807, 2.05) is 13.2 Å². The minimum atomic E-state index is -0.559. The lowest BCUT2D eigenvalue weighted by molar-refractivity contribution is -0.143. The van der Waals surface area contributed by atoms with Crippen LogP contribution in [0.4, 0.5) is 33.2 Å². The van der Waals surface area contributed by atoms with Crippen molar-refractivity contribution < 1.29 is 33.1 Å². The molecule has 4 N–H and O–H groups in total. The van der Waals surface area contributed by atoms with E-state index in [1.165, 1.54) is 12.3 Å². The SMILES string of the molecule is CCOC(=O)c1cnc(Nc2cnn(C)c2)nc1NC1CCC(N2CCN(C(=O)C3CCC(C(=O)N4CCC(CN5CCN(c6ccc(NC7CCC(=O)NC7=O)cc6F)CC5)CC4)CC3)CC2)CC1. The number of anilines is 5. The largest absolute Gasteiger partial charge is 0.462 e. The third-order valence-corrected chi connectivity index (χ3v) is 15.5. The van der Waals surface area contributed by atoms with Gasteiger partial charge in [-0.2, -0.15) is 10.1 Å². The summed E-state index contributed by atoms with van der Waals surface area (Å²) < 4.78 is 22.3.